The standard InChI is InChI=1S/C17H24N3OP/c1-2-19-15-12-18-17(19)22(21,16-10-6-5-7-11-16)20-13-8-3-4-9-14-20/h5-7,10-12,15H,2-4,8-9,13-14H2,1H3/t22-/m1/s1. The molecule has 1 aliphatic rings. The Balaban J connectivity index is 2.11. The van der Waals surface area contributed by atoms with Crippen LogP contribution in [-0.2, 0) is 11.1 Å². The molecule has 0 amide bonds. The second-order valence-corrected chi connectivity index (χ2v) is 8.43. The van der Waals surface area contributed by atoms with Crippen LogP contribution in [0.5, 0.6) is 0 Å². The van der Waals surface area contributed by atoms with Crippen LogP contribution in [0.4, 0.5) is 0 Å². The van der Waals surface area contributed by atoms with E-state index in [4.69, 9.17) is 0 Å². The van der Waals surface area contributed by atoms with Crippen molar-refractivity contribution >= 4 is 18.2 Å². The van der Waals surface area contributed by atoms with Crippen LogP contribution in [0, 0.1) is 0 Å². The first-order valence-electron chi connectivity index (χ1n) is 8.19. The lowest BCUT2D eigenvalue weighted by Crippen LogP contribution is -2.37. The molecule has 0 spiro atoms. The Bertz CT molecular complexity index is 645. The maximum absolute atomic E-state index is 14.2. The third-order valence-electron chi connectivity index (χ3n) is 4.39. The molecule has 3 rings (SSSR count). The molecule has 2 aromatic rings. The van der Waals surface area contributed by atoms with Gasteiger partial charge in [0.15, 0.2) is 5.57 Å². The summed E-state index contributed by atoms with van der Waals surface area (Å²) in [7, 11) is -2.85. The van der Waals surface area contributed by atoms with Crippen molar-refractivity contribution in [2.45, 2.75) is 39.2 Å². The largest absolute Gasteiger partial charge is 0.328 e. The summed E-state index contributed by atoms with van der Waals surface area (Å²) < 4.78 is 18.4. The van der Waals surface area contributed by atoms with Crippen molar-refractivity contribution in [2.24, 2.45) is 0 Å². The summed E-state index contributed by atoms with van der Waals surface area (Å²) in [5.41, 5.74) is 0.725. The third kappa shape index (κ3) is 2.78. The number of imidazole rings is 1. The molecule has 0 unspecified atom stereocenters. The molecule has 1 aromatic carbocycles. The van der Waals surface area contributed by atoms with Crippen LogP contribution in [0.1, 0.15) is 32.6 Å². The molecule has 1 aliphatic heterocycles. The lowest BCUT2D eigenvalue weighted by atomic mass is 10.2. The third-order valence-corrected chi connectivity index (χ3v) is 7.50. The predicted octanol–water partition coefficient (Wildman–Crippen LogP) is 3.01. The maximum atomic E-state index is 14.2. The summed E-state index contributed by atoms with van der Waals surface area (Å²) in [6.45, 7) is 4.65. The van der Waals surface area contributed by atoms with Crippen molar-refractivity contribution in [3.63, 3.8) is 0 Å². The lowest BCUT2D eigenvalue weighted by Gasteiger charge is -2.30. The number of rotatable bonds is 4. The van der Waals surface area contributed by atoms with Crippen molar-refractivity contribution in [1.82, 2.24) is 14.2 Å². The topological polar surface area (TPSA) is 38.1 Å². The first kappa shape index (κ1) is 15.5. The first-order chi connectivity index (χ1) is 10.8. The zero-order valence-electron chi connectivity index (χ0n) is 13.2. The van der Waals surface area contributed by atoms with Crippen LogP contribution in [0.3, 0.4) is 0 Å². The second kappa shape index (κ2) is 6.80. The van der Waals surface area contributed by atoms with Gasteiger partial charge in [-0.2, -0.15) is 0 Å². The fourth-order valence-electron chi connectivity index (χ4n) is 3.19. The van der Waals surface area contributed by atoms with Crippen LogP contribution in [-0.4, -0.2) is 27.3 Å². The van der Waals surface area contributed by atoms with E-state index in [1.807, 2.05) is 41.1 Å². The van der Waals surface area contributed by atoms with E-state index in [-0.39, 0.29) is 0 Å². The Kier molecular flexibility index (Phi) is 4.80. The molecule has 4 nitrogen and oxygen atoms in total. The Labute approximate surface area is 132 Å². The number of aryl methyl sites for hydroxylation is 1. The number of hydrogen-bond acceptors (Lipinski definition) is 2. The highest BCUT2D eigenvalue weighted by atomic mass is 31.2. The summed E-state index contributed by atoms with van der Waals surface area (Å²) in [5.74, 6) is 0. The summed E-state index contributed by atoms with van der Waals surface area (Å²) in [6, 6.07) is 9.89. The minimum atomic E-state index is -2.85. The molecular formula is C17H24N3OP. The summed E-state index contributed by atoms with van der Waals surface area (Å²) in [6.07, 6.45) is 8.39. The minimum absolute atomic E-state index is 0.725. The summed E-state index contributed by atoms with van der Waals surface area (Å²) in [5, 5.41) is 0.901. The first-order valence-corrected chi connectivity index (χ1v) is 9.85. The van der Waals surface area contributed by atoms with Gasteiger partial charge in [-0.15, -0.1) is 0 Å². The van der Waals surface area contributed by atoms with Gasteiger partial charge in [-0.05, 0) is 31.9 Å². The average Bonchev–Trinajstić information content (AvgIpc) is 2.89. The van der Waals surface area contributed by atoms with E-state index in [2.05, 4.69) is 16.6 Å². The fraction of sp³-hybridized carbons (Fsp3) is 0.471. The predicted molar refractivity (Wildman–Crippen MR) is 91.3 cm³/mol. The van der Waals surface area contributed by atoms with Gasteiger partial charge in [-0.25, -0.2) is 9.65 Å². The van der Waals surface area contributed by atoms with E-state index in [0.29, 0.717) is 0 Å². The van der Waals surface area contributed by atoms with Gasteiger partial charge in [0.2, 0.25) is 7.29 Å². The highest BCUT2D eigenvalue weighted by Gasteiger charge is 2.38. The molecule has 0 N–H and O–H groups in total. The van der Waals surface area contributed by atoms with Crippen molar-refractivity contribution in [3.05, 3.63) is 42.7 Å². The van der Waals surface area contributed by atoms with Gasteiger partial charge >= 0.3 is 0 Å². The van der Waals surface area contributed by atoms with Crippen molar-refractivity contribution in [3.8, 4) is 0 Å². The number of nitrogens with zero attached hydrogens (tertiary/aromatic N) is 3. The highest BCUT2D eigenvalue weighted by Crippen LogP contribution is 2.47. The van der Waals surface area contributed by atoms with Crippen LogP contribution in [0.15, 0.2) is 42.7 Å². The van der Waals surface area contributed by atoms with E-state index in [1.165, 1.54) is 12.8 Å². The molecule has 0 saturated carbocycles. The van der Waals surface area contributed by atoms with Gasteiger partial charge in [0.25, 0.3) is 0 Å². The lowest BCUT2D eigenvalue weighted by molar-refractivity contribution is 0.433. The van der Waals surface area contributed by atoms with Crippen LogP contribution >= 0.6 is 7.29 Å². The van der Waals surface area contributed by atoms with E-state index >= 15 is 0 Å². The number of aromatic nitrogens is 2. The molecule has 118 valence electrons. The molecule has 1 saturated heterocycles. The smallest absolute Gasteiger partial charge is 0.241 e. The average molecular weight is 317 g/mol. The minimum Gasteiger partial charge on any atom is -0.328 e. The Morgan fingerprint density at radius 1 is 1.09 bits per heavy atom. The normalized spacial score (nSPS) is 19.5. The quantitative estimate of drug-likeness (QED) is 0.814. The van der Waals surface area contributed by atoms with Crippen LogP contribution in [0.2, 0.25) is 0 Å². The monoisotopic (exact) mass is 317 g/mol. The van der Waals surface area contributed by atoms with Gasteiger partial charge in [0.05, 0.1) is 0 Å². The van der Waals surface area contributed by atoms with Crippen LogP contribution in [0.25, 0.3) is 0 Å². The molecule has 5 heteroatoms. The number of hydrogen-bond donors (Lipinski definition) is 0. The van der Waals surface area contributed by atoms with Gasteiger partial charge < -0.3 is 4.57 Å². The number of benzene rings is 1. The second-order valence-electron chi connectivity index (χ2n) is 5.79. The zero-order chi connectivity index (χ0) is 15.4. The molecule has 2 heterocycles. The van der Waals surface area contributed by atoms with Gasteiger partial charge in [-0.3, -0.25) is 4.57 Å². The van der Waals surface area contributed by atoms with Gasteiger partial charge in [0, 0.05) is 37.3 Å². The van der Waals surface area contributed by atoms with Gasteiger partial charge in [0.1, 0.15) is 0 Å². The molecule has 0 bridgehead atoms. The molecule has 1 atom stereocenters. The van der Waals surface area contributed by atoms with E-state index in [9.17, 15) is 4.57 Å². The molecule has 0 radical (unpaired) electrons. The molecular weight excluding hydrogens is 293 g/mol. The Morgan fingerprint density at radius 2 is 1.77 bits per heavy atom. The van der Waals surface area contributed by atoms with Crippen molar-refractivity contribution < 1.29 is 4.57 Å². The van der Waals surface area contributed by atoms with E-state index < -0.39 is 7.29 Å². The molecule has 22 heavy (non-hydrogen) atoms. The fourth-order valence-corrected chi connectivity index (χ4v) is 6.20. The SMILES string of the molecule is CCn1ccnc1[P@](=O)(c1ccccc1)N1CCCCCC1. The summed E-state index contributed by atoms with van der Waals surface area (Å²) >= 11 is 0. The molecule has 1 aromatic heterocycles. The van der Waals surface area contributed by atoms with Gasteiger partial charge in [-0.1, -0.05) is 31.0 Å². The maximum Gasteiger partial charge on any atom is 0.241 e. The van der Waals surface area contributed by atoms with Crippen LogP contribution < -0.4 is 10.9 Å². The molecule has 0 aliphatic carbocycles. The van der Waals surface area contributed by atoms with E-state index in [1.54, 1.807) is 6.20 Å². The Morgan fingerprint density at radius 3 is 2.41 bits per heavy atom. The Hall–Kier alpha value is -1.38. The van der Waals surface area contributed by atoms with E-state index in [0.717, 1.165) is 43.3 Å². The zero-order valence-corrected chi connectivity index (χ0v) is 14.1. The van der Waals surface area contributed by atoms with Crippen molar-refractivity contribution in [1.29, 1.82) is 0 Å². The summed E-state index contributed by atoms with van der Waals surface area (Å²) in [4.78, 5) is 4.50. The highest BCUT2D eigenvalue weighted by molar-refractivity contribution is 7.76. The van der Waals surface area contributed by atoms with Crippen molar-refractivity contribution in [2.75, 3.05) is 13.1 Å². The molecule has 1 fully saturated rings.